The standard InChI is InChI=1S/C23H28ClNO3/c1-4-20(27-17-13-11-16(24)12-14-17)22(26)25-19-15-23(5-2,6-3)28-21-10-8-7-9-18(19)21/h7-14,19-20H,4-6,15H2,1-3H3,(H,25,26)/t19-,20+/m0/s1. The maximum Gasteiger partial charge on any atom is 0.261 e. The minimum Gasteiger partial charge on any atom is -0.487 e. The van der Waals surface area contributed by atoms with Gasteiger partial charge in [-0.2, -0.15) is 0 Å². The van der Waals surface area contributed by atoms with Crippen molar-refractivity contribution in [1.82, 2.24) is 5.32 Å². The second-order valence-corrected chi connectivity index (χ2v) is 7.70. The topological polar surface area (TPSA) is 47.6 Å². The first-order valence-electron chi connectivity index (χ1n) is 10.0. The van der Waals surface area contributed by atoms with Crippen molar-refractivity contribution < 1.29 is 14.3 Å². The van der Waals surface area contributed by atoms with Crippen LogP contribution in [-0.4, -0.2) is 17.6 Å². The van der Waals surface area contributed by atoms with Gasteiger partial charge in [-0.3, -0.25) is 4.79 Å². The van der Waals surface area contributed by atoms with Crippen molar-refractivity contribution in [1.29, 1.82) is 0 Å². The number of halogens is 1. The van der Waals surface area contributed by atoms with Crippen LogP contribution in [0.5, 0.6) is 11.5 Å². The second kappa shape index (κ2) is 8.87. The number of para-hydroxylation sites is 1. The summed E-state index contributed by atoms with van der Waals surface area (Å²) in [5.41, 5.74) is 0.764. The summed E-state index contributed by atoms with van der Waals surface area (Å²) < 4.78 is 12.2. The zero-order chi connectivity index (χ0) is 20.1. The third-order valence-corrected chi connectivity index (χ3v) is 5.81. The summed E-state index contributed by atoms with van der Waals surface area (Å²) in [6, 6.07) is 14.9. The average molecular weight is 402 g/mol. The van der Waals surface area contributed by atoms with Gasteiger partial charge in [0.1, 0.15) is 17.1 Å². The Labute approximate surface area is 172 Å². The molecule has 5 heteroatoms. The van der Waals surface area contributed by atoms with E-state index >= 15 is 0 Å². The van der Waals surface area contributed by atoms with Crippen molar-refractivity contribution in [2.45, 2.75) is 64.2 Å². The van der Waals surface area contributed by atoms with E-state index in [9.17, 15) is 4.79 Å². The van der Waals surface area contributed by atoms with Gasteiger partial charge in [0.05, 0.1) is 6.04 Å². The van der Waals surface area contributed by atoms with Gasteiger partial charge in [-0.1, -0.05) is 50.6 Å². The molecule has 1 amide bonds. The van der Waals surface area contributed by atoms with Crippen LogP contribution in [0, 0.1) is 0 Å². The minimum atomic E-state index is -0.561. The Balaban J connectivity index is 1.78. The molecular formula is C23H28ClNO3. The molecule has 1 N–H and O–H groups in total. The quantitative estimate of drug-likeness (QED) is 0.647. The summed E-state index contributed by atoms with van der Waals surface area (Å²) in [6.07, 6.45) is 2.55. The molecule has 1 aliphatic rings. The molecule has 2 atom stereocenters. The van der Waals surface area contributed by atoms with Crippen LogP contribution in [0.1, 0.15) is 58.1 Å². The van der Waals surface area contributed by atoms with Crippen LogP contribution in [0.3, 0.4) is 0 Å². The lowest BCUT2D eigenvalue weighted by molar-refractivity contribution is -0.129. The SMILES string of the molecule is CC[C@@H](Oc1ccc(Cl)cc1)C(=O)N[C@H]1CC(CC)(CC)Oc2ccccc21. The van der Waals surface area contributed by atoms with Gasteiger partial charge in [-0.05, 0) is 49.6 Å². The van der Waals surface area contributed by atoms with E-state index < -0.39 is 6.10 Å². The summed E-state index contributed by atoms with van der Waals surface area (Å²) in [4.78, 5) is 13.0. The number of nitrogens with one attached hydrogen (secondary N) is 1. The van der Waals surface area contributed by atoms with E-state index in [0.717, 1.165) is 30.6 Å². The maximum atomic E-state index is 13.0. The fraction of sp³-hybridized carbons (Fsp3) is 0.435. The summed E-state index contributed by atoms with van der Waals surface area (Å²) in [5.74, 6) is 1.38. The number of ether oxygens (including phenoxy) is 2. The van der Waals surface area contributed by atoms with E-state index in [0.29, 0.717) is 17.2 Å². The summed E-state index contributed by atoms with van der Waals surface area (Å²) in [6.45, 7) is 6.21. The lowest BCUT2D eigenvalue weighted by atomic mass is 9.83. The highest BCUT2D eigenvalue weighted by atomic mass is 35.5. The van der Waals surface area contributed by atoms with Gasteiger partial charge in [-0.25, -0.2) is 0 Å². The number of rotatable bonds is 7. The van der Waals surface area contributed by atoms with Crippen molar-refractivity contribution in [3.63, 3.8) is 0 Å². The Morgan fingerprint density at radius 3 is 2.50 bits per heavy atom. The van der Waals surface area contributed by atoms with Crippen LogP contribution < -0.4 is 14.8 Å². The van der Waals surface area contributed by atoms with Crippen LogP contribution >= 0.6 is 11.6 Å². The van der Waals surface area contributed by atoms with E-state index in [1.807, 2.05) is 31.2 Å². The number of fused-ring (bicyclic) bond motifs is 1. The molecule has 1 aliphatic heterocycles. The molecule has 0 radical (unpaired) electrons. The fourth-order valence-corrected chi connectivity index (χ4v) is 3.82. The lowest BCUT2D eigenvalue weighted by Crippen LogP contribution is -2.47. The van der Waals surface area contributed by atoms with Crippen LogP contribution in [0.25, 0.3) is 0 Å². The number of amides is 1. The van der Waals surface area contributed by atoms with E-state index in [-0.39, 0.29) is 17.6 Å². The Morgan fingerprint density at radius 1 is 1.18 bits per heavy atom. The largest absolute Gasteiger partial charge is 0.487 e. The highest BCUT2D eigenvalue weighted by molar-refractivity contribution is 6.30. The molecule has 0 aliphatic carbocycles. The van der Waals surface area contributed by atoms with Gasteiger partial charge in [0.25, 0.3) is 5.91 Å². The fourth-order valence-electron chi connectivity index (χ4n) is 3.69. The average Bonchev–Trinajstić information content (AvgIpc) is 2.73. The molecule has 0 aromatic heterocycles. The van der Waals surface area contributed by atoms with Gasteiger partial charge in [-0.15, -0.1) is 0 Å². The van der Waals surface area contributed by atoms with E-state index in [1.54, 1.807) is 24.3 Å². The van der Waals surface area contributed by atoms with Crippen LogP contribution in [0.2, 0.25) is 5.02 Å². The first-order chi connectivity index (χ1) is 13.5. The molecule has 150 valence electrons. The van der Waals surface area contributed by atoms with Crippen molar-refractivity contribution in [2.24, 2.45) is 0 Å². The van der Waals surface area contributed by atoms with Crippen LogP contribution in [0.15, 0.2) is 48.5 Å². The van der Waals surface area contributed by atoms with E-state index in [1.165, 1.54) is 0 Å². The monoisotopic (exact) mass is 401 g/mol. The summed E-state index contributed by atoms with van der Waals surface area (Å²) >= 11 is 5.93. The van der Waals surface area contributed by atoms with Gasteiger partial charge in [0.15, 0.2) is 6.10 Å². The van der Waals surface area contributed by atoms with Crippen molar-refractivity contribution >= 4 is 17.5 Å². The minimum absolute atomic E-state index is 0.0970. The Hall–Kier alpha value is -2.20. The number of carbonyl (C=O) groups is 1. The normalized spacial score (nSPS) is 18.5. The molecule has 1 heterocycles. The molecule has 3 rings (SSSR count). The first kappa shape index (κ1) is 20.5. The van der Waals surface area contributed by atoms with Crippen molar-refractivity contribution in [2.75, 3.05) is 0 Å². The summed E-state index contributed by atoms with van der Waals surface area (Å²) in [7, 11) is 0. The number of hydrogen-bond acceptors (Lipinski definition) is 3. The van der Waals surface area contributed by atoms with Gasteiger partial charge >= 0.3 is 0 Å². The highest BCUT2D eigenvalue weighted by Gasteiger charge is 2.39. The Bertz CT molecular complexity index is 802. The molecule has 2 aromatic carbocycles. The predicted octanol–water partition coefficient (Wildman–Crippen LogP) is 5.70. The molecule has 0 spiro atoms. The second-order valence-electron chi connectivity index (χ2n) is 7.26. The lowest BCUT2D eigenvalue weighted by Gasteiger charge is -2.42. The molecule has 2 aromatic rings. The van der Waals surface area contributed by atoms with E-state index in [2.05, 4.69) is 19.2 Å². The molecular weight excluding hydrogens is 374 g/mol. The maximum absolute atomic E-state index is 13.0. The molecule has 4 nitrogen and oxygen atoms in total. The van der Waals surface area contributed by atoms with Gasteiger partial charge < -0.3 is 14.8 Å². The predicted molar refractivity (Wildman–Crippen MR) is 112 cm³/mol. The third-order valence-electron chi connectivity index (χ3n) is 5.56. The third kappa shape index (κ3) is 4.44. The molecule has 0 fully saturated rings. The van der Waals surface area contributed by atoms with Crippen molar-refractivity contribution in [3.05, 3.63) is 59.1 Å². The smallest absolute Gasteiger partial charge is 0.261 e. The molecule has 0 saturated heterocycles. The first-order valence-corrected chi connectivity index (χ1v) is 10.4. The van der Waals surface area contributed by atoms with Crippen LogP contribution in [0.4, 0.5) is 0 Å². The number of benzene rings is 2. The molecule has 28 heavy (non-hydrogen) atoms. The zero-order valence-electron chi connectivity index (χ0n) is 16.7. The van der Waals surface area contributed by atoms with Gasteiger partial charge in [0.2, 0.25) is 0 Å². The van der Waals surface area contributed by atoms with E-state index in [4.69, 9.17) is 21.1 Å². The Morgan fingerprint density at radius 2 is 1.86 bits per heavy atom. The molecule has 0 bridgehead atoms. The summed E-state index contributed by atoms with van der Waals surface area (Å²) in [5, 5.41) is 3.85. The molecule has 0 saturated carbocycles. The van der Waals surface area contributed by atoms with Crippen molar-refractivity contribution in [3.8, 4) is 11.5 Å². The zero-order valence-corrected chi connectivity index (χ0v) is 17.5. The van der Waals surface area contributed by atoms with Gasteiger partial charge in [0, 0.05) is 17.0 Å². The van der Waals surface area contributed by atoms with Crippen LogP contribution in [-0.2, 0) is 4.79 Å². The Kier molecular flexibility index (Phi) is 6.50. The number of carbonyl (C=O) groups excluding carboxylic acids is 1. The number of hydrogen-bond donors (Lipinski definition) is 1. The molecule has 0 unspecified atom stereocenters. The highest BCUT2D eigenvalue weighted by Crippen LogP contribution is 2.42.